The highest BCUT2D eigenvalue weighted by atomic mass is 19.1. The van der Waals surface area contributed by atoms with Crippen LogP contribution in [0.5, 0.6) is 5.88 Å². The number of benzene rings is 2. The van der Waals surface area contributed by atoms with E-state index in [4.69, 9.17) is 4.74 Å². The van der Waals surface area contributed by atoms with Gasteiger partial charge in [-0.05, 0) is 29.8 Å². The van der Waals surface area contributed by atoms with E-state index in [-0.39, 0.29) is 23.5 Å². The summed E-state index contributed by atoms with van der Waals surface area (Å²) in [6.45, 7) is -0.0141. The Balaban J connectivity index is 1.64. The van der Waals surface area contributed by atoms with Crippen molar-refractivity contribution in [3.63, 3.8) is 0 Å². The van der Waals surface area contributed by atoms with Gasteiger partial charge in [0.25, 0.3) is 11.1 Å². The summed E-state index contributed by atoms with van der Waals surface area (Å²) in [5.41, 5.74) is 1.41. The van der Waals surface area contributed by atoms with Crippen molar-refractivity contribution in [1.29, 1.82) is 0 Å². The Morgan fingerprint density at radius 1 is 1.06 bits per heavy atom. The average Bonchev–Trinajstić information content (AvgIpc) is 3.21. The Kier molecular flexibility index (Phi) is 4.36. The van der Waals surface area contributed by atoms with Crippen molar-refractivity contribution in [2.24, 2.45) is 0 Å². The van der Waals surface area contributed by atoms with Crippen molar-refractivity contribution in [2.45, 2.75) is 6.54 Å². The Morgan fingerprint density at radius 3 is 2.55 bits per heavy atom. The number of hydrogen-bond donors (Lipinski definition) is 1. The van der Waals surface area contributed by atoms with E-state index >= 15 is 0 Å². The molecular weight excluding hydrogens is 401 g/mol. The molecule has 154 valence electrons. The molecule has 0 aliphatic carbocycles. The molecule has 5 aromatic rings. The first-order chi connectivity index (χ1) is 15.0. The summed E-state index contributed by atoms with van der Waals surface area (Å²) < 4.78 is 21.1. The molecule has 1 N–H and O–H groups in total. The van der Waals surface area contributed by atoms with Crippen LogP contribution in [-0.4, -0.2) is 31.5 Å². The fraction of sp³-hybridized carbons (Fsp3) is 0.0909. The van der Waals surface area contributed by atoms with Crippen molar-refractivity contribution < 1.29 is 9.13 Å². The van der Waals surface area contributed by atoms with E-state index in [2.05, 4.69) is 15.2 Å². The van der Waals surface area contributed by atoms with Crippen LogP contribution in [-0.2, 0) is 6.54 Å². The van der Waals surface area contributed by atoms with Crippen LogP contribution in [0.4, 0.5) is 4.39 Å². The molecule has 0 atom stereocenters. The molecular formula is C22H16FN5O3. The molecule has 9 heteroatoms. The van der Waals surface area contributed by atoms with Gasteiger partial charge in [0.15, 0.2) is 5.65 Å². The standard InChI is InChI=1S/C22H16FN5O3/c1-31-21-16-4-2-3-5-17(16)22(30)27(26-21)12-15-10-19(29)28-20(25-15)18(11-24-28)13-6-8-14(23)9-7-13/h2-11,24H,12H2,1H3. The van der Waals surface area contributed by atoms with E-state index < -0.39 is 0 Å². The Morgan fingerprint density at radius 2 is 1.81 bits per heavy atom. The minimum absolute atomic E-state index is 0.0141. The minimum atomic E-state index is -0.356. The highest BCUT2D eigenvalue weighted by molar-refractivity contribution is 5.85. The fourth-order valence-electron chi connectivity index (χ4n) is 3.57. The molecule has 0 unspecified atom stereocenters. The summed E-state index contributed by atoms with van der Waals surface area (Å²) in [6, 6.07) is 14.3. The smallest absolute Gasteiger partial charge is 0.275 e. The molecule has 3 aromatic heterocycles. The van der Waals surface area contributed by atoms with Crippen molar-refractivity contribution in [1.82, 2.24) is 24.4 Å². The zero-order valence-electron chi connectivity index (χ0n) is 16.4. The van der Waals surface area contributed by atoms with Gasteiger partial charge in [-0.25, -0.2) is 18.6 Å². The zero-order chi connectivity index (χ0) is 21.5. The average molecular weight is 417 g/mol. The number of nitrogens with zero attached hydrogens (tertiary/aromatic N) is 4. The molecule has 5 rings (SSSR count). The number of fused-ring (bicyclic) bond motifs is 2. The van der Waals surface area contributed by atoms with E-state index in [1.165, 1.54) is 34.5 Å². The number of aromatic amines is 1. The van der Waals surface area contributed by atoms with Crippen LogP contribution in [0.3, 0.4) is 0 Å². The van der Waals surface area contributed by atoms with Crippen LogP contribution < -0.4 is 15.9 Å². The predicted molar refractivity (Wildman–Crippen MR) is 113 cm³/mol. The Labute approximate surface area is 174 Å². The summed E-state index contributed by atoms with van der Waals surface area (Å²) in [5, 5.41) is 8.21. The van der Waals surface area contributed by atoms with Gasteiger partial charge < -0.3 is 4.74 Å². The first kappa shape index (κ1) is 18.7. The molecule has 2 aromatic carbocycles. The lowest BCUT2D eigenvalue weighted by Crippen LogP contribution is -2.26. The third-order valence-electron chi connectivity index (χ3n) is 5.04. The van der Waals surface area contributed by atoms with E-state index in [9.17, 15) is 14.0 Å². The summed E-state index contributed by atoms with van der Waals surface area (Å²) in [7, 11) is 1.48. The van der Waals surface area contributed by atoms with Gasteiger partial charge in [-0.15, -0.1) is 5.10 Å². The quantitative estimate of drug-likeness (QED) is 0.485. The summed E-state index contributed by atoms with van der Waals surface area (Å²) in [6.07, 6.45) is 1.63. The van der Waals surface area contributed by atoms with Crippen LogP contribution in [0.2, 0.25) is 0 Å². The lowest BCUT2D eigenvalue weighted by atomic mass is 10.1. The molecule has 0 aliphatic rings. The first-order valence-electron chi connectivity index (χ1n) is 9.45. The monoisotopic (exact) mass is 417 g/mol. The maximum absolute atomic E-state index is 13.3. The SMILES string of the molecule is COc1nn(Cc2cc(=O)n3[nH]cc(-c4ccc(F)cc4)c3n2)c(=O)c2ccccc12. The molecule has 0 saturated carbocycles. The second-order valence-corrected chi connectivity index (χ2v) is 6.96. The van der Waals surface area contributed by atoms with Crippen LogP contribution >= 0.6 is 0 Å². The van der Waals surface area contributed by atoms with Gasteiger partial charge in [0.05, 0.1) is 30.1 Å². The third-order valence-corrected chi connectivity index (χ3v) is 5.04. The maximum Gasteiger partial charge on any atom is 0.275 e. The number of ether oxygens (including phenoxy) is 1. The predicted octanol–water partition coefficient (Wildman–Crippen LogP) is 2.60. The number of rotatable bonds is 4. The second kappa shape index (κ2) is 7.21. The minimum Gasteiger partial charge on any atom is -0.480 e. The molecule has 0 radical (unpaired) electrons. The van der Waals surface area contributed by atoms with Gasteiger partial charge in [-0.2, -0.15) is 0 Å². The third kappa shape index (κ3) is 3.16. The lowest BCUT2D eigenvalue weighted by Gasteiger charge is -2.10. The molecule has 8 nitrogen and oxygen atoms in total. The van der Waals surface area contributed by atoms with E-state index in [0.29, 0.717) is 39.1 Å². The van der Waals surface area contributed by atoms with Gasteiger partial charge in [-0.1, -0.05) is 24.3 Å². The van der Waals surface area contributed by atoms with Crippen molar-refractivity contribution in [3.05, 3.63) is 93.0 Å². The largest absolute Gasteiger partial charge is 0.480 e. The lowest BCUT2D eigenvalue weighted by molar-refractivity contribution is 0.385. The number of methoxy groups -OCH3 is 1. The van der Waals surface area contributed by atoms with Crippen LogP contribution in [0.25, 0.3) is 27.5 Å². The number of H-pyrrole nitrogens is 1. The summed E-state index contributed by atoms with van der Waals surface area (Å²) in [4.78, 5) is 30.1. The summed E-state index contributed by atoms with van der Waals surface area (Å²) in [5.74, 6) is -0.0493. The van der Waals surface area contributed by atoms with Gasteiger partial charge in [0.1, 0.15) is 5.82 Å². The van der Waals surface area contributed by atoms with Gasteiger partial charge in [0.2, 0.25) is 5.88 Å². The maximum atomic E-state index is 13.3. The van der Waals surface area contributed by atoms with Gasteiger partial charge >= 0.3 is 0 Å². The molecule has 0 aliphatic heterocycles. The van der Waals surface area contributed by atoms with Gasteiger partial charge in [-0.3, -0.25) is 14.7 Å². The Bertz CT molecular complexity index is 1550. The molecule has 3 heterocycles. The van der Waals surface area contributed by atoms with E-state index in [1.54, 1.807) is 42.6 Å². The van der Waals surface area contributed by atoms with E-state index in [1.807, 2.05) is 0 Å². The van der Waals surface area contributed by atoms with E-state index in [0.717, 1.165) is 0 Å². The van der Waals surface area contributed by atoms with Crippen molar-refractivity contribution in [3.8, 4) is 17.0 Å². The van der Waals surface area contributed by atoms with Crippen LogP contribution in [0.15, 0.2) is 70.4 Å². The number of hydrogen-bond acceptors (Lipinski definition) is 5. The van der Waals surface area contributed by atoms with Crippen molar-refractivity contribution in [2.75, 3.05) is 7.11 Å². The number of nitrogens with one attached hydrogen (secondary N) is 1. The first-order valence-corrected chi connectivity index (χ1v) is 9.45. The molecule has 31 heavy (non-hydrogen) atoms. The summed E-state index contributed by atoms with van der Waals surface area (Å²) >= 11 is 0. The fourth-order valence-corrected chi connectivity index (χ4v) is 3.57. The van der Waals surface area contributed by atoms with Crippen molar-refractivity contribution >= 4 is 16.4 Å². The number of halogens is 1. The highest BCUT2D eigenvalue weighted by Gasteiger charge is 2.14. The second-order valence-electron chi connectivity index (χ2n) is 6.96. The molecule has 0 saturated heterocycles. The topological polar surface area (TPSA) is 94.3 Å². The normalized spacial score (nSPS) is 11.3. The molecule has 0 fully saturated rings. The molecule has 0 bridgehead atoms. The van der Waals surface area contributed by atoms with Crippen LogP contribution in [0, 0.1) is 5.82 Å². The van der Waals surface area contributed by atoms with Crippen LogP contribution in [0.1, 0.15) is 5.69 Å². The Hall–Kier alpha value is -4.27. The highest BCUT2D eigenvalue weighted by Crippen LogP contribution is 2.23. The molecule has 0 spiro atoms. The van der Waals surface area contributed by atoms with Gasteiger partial charge in [0, 0.05) is 17.8 Å². The zero-order valence-corrected chi connectivity index (χ0v) is 16.4. The molecule has 0 amide bonds. The number of aromatic nitrogens is 5.